The van der Waals surface area contributed by atoms with Gasteiger partial charge >= 0.3 is 5.97 Å². The summed E-state index contributed by atoms with van der Waals surface area (Å²) in [4.78, 5) is 15.1. The Kier molecular flexibility index (Phi) is 3.04. The van der Waals surface area contributed by atoms with Crippen molar-refractivity contribution in [3.05, 3.63) is 28.2 Å². The van der Waals surface area contributed by atoms with Crippen molar-refractivity contribution in [2.75, 3.05) is 13.2 Å². The number of fused-ring (bicyclic) bond motifs is 1. The highest BCUT2D eigenvalue weighted by atomic mass is 35.5. The van der Waals surface area contributed by atoms with Crippen LogP contribution in [0.4, 0.5) is 0 Å². The fraction of sp³-hybridized carbons (Fsp3) is 0.167. The van der Waals surface area contributed by atoms with Crippen LogP contribution < -0.4 is 9.47 Å². The number of aromatic nitrogens is 1. The lowest BCUT2D eigenvalue weighted by Gasteiger charge is -2.19. The Bertz CT molecular complexity index is 655. The van der Waals surface area contributed by atoms with Gasteiger partial charge in [0.1, 0.15) is 23.1 Å². The van der Waals surface area contributed by atoms with Gasteiger partial charge in [-0.25, -0.2) is 9.78 Å². The maximum atomic E-state index is 10.8. The summed E-state index contributed by atoms with van der Waals surface area (Å²) >= 11 is 7.21. The summed E-state index contributed by atoms with van der Waals surface area (Å²) in [5.41, 5.74) is 0.715. The van der Waals surface area contributed by atoms with E-state index in [2.05, 4.69) is 4.98 Å². The molecule has 1 aliphatic rings. The highest BCUT2D eigenvalue weighted by molar-refractivity contribution is 7.16. The lowest BCUT2D eigenvalue weighted by Crippen LogP contribution is -2.15. The number of carbonyl (C=O) groups is 1. The first-order chi connectivity index (χ1) is 9.15. The van der Waals surface area contributed by atoms with Crippen LogP contribution >= 0.6 is 22.9 Å². The van der Waals surface area contributed by atoms with E-state index in [4.69, 9.17) is 26.2 Å². The van der Waals surface area contributed by atoms with Crippen molar-refractivity contribution in [3.8, 4) is 22.1 Å². The van der Waals surface area contributed by atoms with Crippen molar-refractivity contribution in [2.24, 2.45) is 0 Å². The molecule has 0 amide bonds. The van der Waals surface area contributed by atoms with E-state index >= 15 is 0 Å². The van der Waals surface area contributed by atoms with Crippen LogP contribution in [0.15, 0.2) is 18.3 Å². The molecule has 1 aromatic carbocycles. The summed E-state index contributed by atoms with van der Waals surface area (Å²) in [7, 11) is 0. The van der Waals surface area contributed by atoms with E-state index in [9.17, 15) is 4.79 Å². The van der Waals surface area contributed by atoms with Crippen LogP contribution in [0, 0.1) is 0 Å². The number of carboxylic acids is 1. The molecule has 5 nitrogen and oxygen atoms in total. The van der Waals surface area contributed by atoms with Crippen LogP contribution in [-0.4, -0.2) is 29.3 Å². The second-order valence-corrected chi connectivity index (χ2v) is 5.25. The zero-order valence-corrected chi connectivity index (χ0v) is 11.1. The number of carboxylic acid groups (broad SMARTS) is 1. The maximum Gasteiger partial charge on any atom is 0.347 e. The van der Waals surface area contributed by atoms with Gasteiger partial charge in [-0.2, -0.15) is 0 Å². The zero-order chi connectivity index (χ0) is 13.4. The van der Waals surface area contributed by atoms with Crippen LogP contribution in [0.2, 0.25) is 5.02 Å². The molecule has 0 atom stereocenters. The Morgan fingerprint density at radius 1 is 1.37 bits per heavy atom. The van der Waals surface area contributed by atoms with Crippen LogP contribution in [0.5, 0.6) is 11.5 Å². The van der Waals surface area contributed by atoms with Gasteiger partial charge in [-0.15, -0.1) is 11.3 Å². The Morgan fingerprint density at radius 2 is 2.16 bits per heavy atom. The van der Waals surface area contributed by atoms with Crippen LogP contribution in [0.1, 0.15) is 9.67 Å². The van der Waals surface area contributed by atoms with Gasteiger partial charge in [0.25, 0.3) is 0 Å². The molecule has 0 radical (unpaired) electrons. The first-order valence-corrected chi connectivity index (χ1v) is 6.63. The van der Waals surface area contributed by atoms with E-state index in [0.717, 1.165) is 11.3 Å². The van der Waals surface area contributed by atoms with Crippen molar-refractivity contribution in [3.63, 3.8) is 0 Å². The first-order valence-electron chi connectivity index (χ1n) is 5.44. The van der Waals surface area contributed by atoms with Gasteiger partial charge in [0.2, 0.25) is 0 Å². The number of halogens is 1. The van der Waals surface area contributed by atoms with Gasteiger partial charge in [0, 0.05) is 5.56 Å². The second-order valence-electron chi connectivity index (χ2n) is 3.82. The lowest BCUT2D eigenvalue weighted by atomic mass is 10.2. The van der Waals surface area contributed by atoms with E-state index in [1.54, 1.807) is 12.1 Å². The predicted molar refractivity (Wildman–Crippen MR) is 70.5 cm³/mol. The van der Waals surface area contributed by atoms with Gasteiger partial charge < -0.3 is 14.6 Å². The number of aromatic carboxylic acids is 1. The van der Waals surface area contributed by atoms with Crippen molar-refractivity contribution < 1.29 is 19.4 Å². The smallest absolute Gasteiger partial charge is 0.347 e. The average molecular weight is 298 g/mol. The summed E-state index contributed by atoms with van der Waals surface area (Å²) in [6.07, 6.45) is 1.33. The predicted octanol–water partition coefficient (Wildman–Crippen LogP) is 2.93. The molecule has 19 heavy (non-hydrogen) atoms. The van der Waals surface area contributed by atoms with Crippen molar-refractivity contribution in [1.29, 1.82) is 0 Å². The SMILES string of the molecule is O=C(O)c1cnc(-c2cc(Cl)c3c(c2)OCCO3)s1. The van der Waals surface area contributed by atoms with Gasteiger partial charge in [-0.05, 0) is 12.1 Å². The third-order valence-electron chi connectivity index (χ3n) is 2.56. The molecule has 0 saturated carbocycles. The van der Waals surface area contributed by atoms with Crippen molar-refractivity contribution in [1.82, 2.24) is 4.98 Å². The van der Waals surface area contributed by atoms with Crippen LogP contribution in [-0.2, 0) is 0 Å². The molecule has 3 rings (SSSR count). The Labute approximate surface area is 117 Å². The fourth-order valence-electron chi connectivity index (χ4n) is 1.74. The summed E-state index contributed by atoms with van der Waals surface area (Å²) in [5.74, 6) is 0.0832. The van der Waals surface area contributed by atoms with Gasteiger partial charge in [0.05, 0.1) is 11.2 Å². The highest BCUT2D eigenvalue weighted by Crippen LogP contribution is 2.41. The number of nitrogens with zero attached hydrogens (tertiary/aromatic N) is 1. The standard InChI is InChI=1S/C12H8ClNO4S/c13-7-3-6(4-8-10(7)18-2-1-17-8)11-14-5-9(19-11)12(15)16/h3-5H,1-2H2,(H,15,16). The molecule has 0 unspecified atom stereocenters. The summed E-state index contributed by atoms with van der Waals surface area (Å²) in [6.45, 7) is 0.928. The Balaban J connectivity index is 2.05. The van der Waals surface area contributed by atoms with E-state index in [1.165, 1.54) is 6.20 Å². The van der Waals surface area contributed by atoms with Gasteiger partial charge in [-0.3, -0.25) is 0 Å². The minimum atomic E-state index is -0.993. The quantitative estimate of drug-likeness (QED) is 0.923. The van der Waals surface area contributed by atoms with E-state index in [0.29, 0.717) is 40.3 Å². The van der Waals surface area contributed by atoms with E-state index in [1.807, 2.05) is 0 Å². The summed E-state index contributed by atoms with van der Waals surface area (Å²) < 4.78 is 10.9. The second kappa shape index (κ2) is 4.71. The fourth-order valence-corrected chi connectivity index (χ4v) is 2.75. The molecule has 0 saturated heterocycles. The third-order valence-corrected chi connectivity index (χ3v) is 3.88. The minimum absolute atomic E-state index is 0.181. The van der Waals surface area contributed by atoms with Gasteiger partial charge in [-0.1, -0.05) is 11.6 Å². The number of rotatable bonds is 2. The normalized spacial score (nSPS) is 13.3. The molecule has 98 valence electrons. The molecular weight excluding hydrogens is 290 g/mol. The van der Waals surface area contributed by atoms with E-state index in [-0.39, 0.29) is 4.88 Å². The largest absolute Gasteiger partial charge is 0.486 e. The van der Waals surface area contributed by atoms with Crippen LogP contribution in [0.25, 0.3) is 10.6 Å². The molecule has 1 aromatic heterocycles. The number of hydrogen-bond donors (Lipinski definition) is 1. The van der Waals surface area contributed by atoms with E-state index < -0.39 is 5.97 Å². The molecule has 0 bridgehead atoms. The van der Waals surface area contributed by atoms with Crippen LogP contribution in [0.3, 0.4) is 0 Å². The molecule has 2 aromatic rings. The highest BCUT2D eigenvalue weighted by Gasteiger charge is 2.19. The first kappa shape index (κ1) is 12.3. The molecule has 0 spiro atoms. The van der Waals surface area contributed by atoms with Gasteiger partial charge in [0.15, 0.2) is 11.5 Å². The Morgan fingerprint density at radius 3 is 2.89 bits per heavy atom. The Hall–Kier alpha value is -1.79. The summed E-state index contributed by atoms with van der Waals surface area (Å²) in [5, 5.41) is 9.90. The molecule has 2 heterocycles. The lowest BCUT2D eigenvalue weighted by molar-refractivity contribution is 0.0702. The molecule has 0 aliphatic carbocycles. The topological polar surface area (TPSA) is 68.7 Å². The molecule has 0 fully saturated rings. The monoisotopic (exact) mass is 297 g/mol. The third kappa shape index (κ3) is 2.24. The number of ether oxygens (including phenoxy) is 2. The summed E-state index contributed by atoms with van der Waals surface area (Å²) in [6, 6.07) is 3.45. The zero-order valence-electron chi connectivity index (χ0n) is 9.55. The van der Waals surface area contributed by atoms with Crippen molar-refractivity contribution >= 4 is 28.9 Å². The number of thiazole rings is 1. The van der Waals surface area contributed by atoms with Crippen molar-refractivity contribution in [2.45, 2.75) is 0 Å². The molecule has 1 aliphatic heterocycles. The molecule has 7 heteroatoms. The maximum absolute atomic E-state index is 10.8. The number of benzene rings is 1. The minimum Gasteiger partial charge on any atom is -0.486 e. The molecule has 1 N–H and O–H groups in total. The average Bonchev–Trinajstić information content (AvgIpc) is 2.88. The number of hydrogen-bond acceptors (Lipinski definition) is 5. The molecular formula is C12H8ClNO4S.